The van der Waals surface area contributed by atoms with E-state index in [0.29, 0.717) is 0 Å². The predicted molar refractivity (Wildman–Crippen MR) is 72.3 cm³/mol. The number of ketones is 1. The third-order valence-corrected chi connectivity index (χ3v) is 3.51. The van der Waals surface area contributed by atoms with Crippen LogP contribution in [0.1, 0.15) is 31.9 Å². The van der Waals surface area contributed by atoms with Gasteiger partial charge in [-0.15, -0.1) is 0 Å². The Kier molecular flexibility index (Phi) is 5.00. The van der Waals surface area contributed by atoms with E-state index in [0.717, 1.165) is 12.1 Å². The average molecular weight is 355 g/mol. The summed E-state index contributed by atoms with van der Waals surface area (Å²) in [4.78, 5) is 11.4. The maximum atomic E-state index is 13.2. The van der Waals surface area contributed by atoms with Gasteiger partial charge in [0.05, 0.1) is 10.4 Å². The number of benzene rings is 1. The van der Waals surface area contributed by atoms with Crippen molar-refractivity contribution in [1.82, 2.24) is 0 Å². The smallest absolute Gasteiger partial charge is 0.298 e. The molecule has 0 amide bonds. The molecule has 1 aromatic carbocycles. The number of carbonyl (C=O) groups is 1. The molecule has 20 heavy (non-hydrogen) atoms. The zero-order chi connectivity index (χ0) is 15.7. The van der Waals surface area contributed by atoms with Crippen molar-refractivity contribution in [3.05, 3.63) is 35.1 Å². The number of alkyl halides is 4. The van der Waals surface area contributed by atoms with Crippen molar-refractivity contribution in [2.75, 3.05) is 0 Å². The van der Waals surface area contributed by atoms with Crippen molar-refractivity contribution < 1.29 is 22.4 Å². The molecule has 1 rings (SSSR count). The molecule has 112 valence electrons. The van der Waals surface area contributed by atoms with Crippen LogP contribution in [0.4, 0.5) is 17.6 Å². The summed E-state index contributed by atoms with van der Waals surface area (Å²) in [5.41, 5.74) is -1.64. The molecule has 0 bridgehead atoms. The van der Waals surface area contributed by atoms with Gasteiger partial charge in [-0.1, -0.05) is 42.8 Å². The first kappa shape index (κ1) is 17.1. The normalized spacial score (nSPS) is 14.2. The van der Waals surface area contributed by atoms with Crippen LogP contribution in [-0.4, -0.2) is 10.6 Å². The molecule has 0 spiro atoms. The van der Waals surface area contributed by atoms with Crippen LogP contribution in [-0.2, 0) is 17.4 Å². The minimum absolute atomic E-state index is 0.0828. The van der Waals surface area contributed by atoms with E-state index in [1.165, 1.54) is 6.07 Å². The molecule has 0 saturated heterocycles. The summed E-state index contributed by atoms with van der Waals surface area (Å²) in [6.07, 6.45) is -4.66. The van der Waals surface area contributed by atoms with Gasteiger partial charge in [0.25, 0.3) is 0 Å². The van der Waals surface area contributed by atoms with Crippen LogP contribution in [0, 0.1) is 11.2 Å². The van der Waals surface area contributed by atoms with Crippen molar-refractivity contribution in [2.24, 2.45) is 5.41 Å². The summed E-state index contributed by atoms with van der Waals surface area (Å²) in [7, 11) is 0. The molecule has 0 aliphatic rings. The molecule has 0 aliphatic heterocycles. The SMILES string of the molecule is CC(C)(C)C(=O)C(Br)Cc1ccc(F)c(C(F)(F)F)c1. The molecule has 1 atom stereocenters. The Morgan fingerprint density at radius 2 is 1.80 bits per heavy atom. The van der Waals surface area contributed by atoms with Gasteiger partial charge in [-0.3, -0.25) is 4.79 Å². The third kappa shape index (κ3) is 4.30. The highest BCUT2D eigenvalue weighted by atomic mass is 79.9. The van der Waals surface area contributed by atoms with Gasteiger partial charge >= 0.3 is 6.18 Å². The van der Waals surface area contributed by atoms with E-state index in [1.807, 2.05) is 0 Å². The first-order valence-corrected chi connectivity index (χ1v) is 6.88. The summed E-state index contributed by atoms with van der Waals surface area (Å²) in [5, 5.41) is 0. The quantitative estimate of drug-likeness (QED) is 0.564. The Morgan fingerprint density at radius 3 is 2.25 bits per heavy atom. The highest BCUT2D eigenvalue weighted by Gasteiger charge is 2.34. The van der Waals surface area contributed by atoms with Crippen molar-refractivity contribution in [1.29, 1.82) is 0 Å². The van der Waals surface area contributed by atoms with Crippen LogP contribution < -0.4 is 0 Å². The van der Waals surface area contributed by atoms with Gasteiger partial charge < -0.3 is 0 Å². The van der Waals surface area contributed by atoms with Gasteiger partial charge in [-0.05, 0) is 24.1 Å². The zero-order valence-corrected chi connectivity index (χ0v) is 12.9. The standard InChI is InChI=1S/C14H15BrF4O/c1-13(2,3)12(20)10(15)7-8-4-5-11(16)9(6-8)14(17,18)19/h4-6,10H,7H2,1-3H3. The largest absolute Gasteiger partial charge is 0.419 e. The lowest BCUT2D eigenvalue weighted by Gasteiger charge is -2.21. The fourth-order valence-electron chi connectivity index (χ4n) is 1.69. The molecule has 0 N–H and O–H groups in total. The molecule has 0 saturated carbocycles. The lowest BCUT2D eigenvalue weighted by Crippen LogP contribution is -2.30. The van der Waals surface area contributed by atoms with E-state index < -0.39 is 27.8 Å². The first-order valence-electron chi connectivity index (χ1n) is 5.97. The van der Waals surface area contributed by atoms with Gasteiger partial charge in [-0.25, -0.2) is 4.39 Å². The van der Waals surface area contributed by atoms with E-state index in [1.54, 1.807) is 20.8 Å². The second kappa shape index (κ2) is 5.84. The molecule has 0 fully saturated rings. The van der Waals surface area contributed by atoms with E-state index >= 15 is 0 Å². The van der Waals surface area contributed by atoms with E-state index in [4.69, 9.17) is 0 Å². The van der Waals surface area contributed by atoms with Crippen molar-refractivity contribution >= 4 is 21.7 Å². The fraction of sp³-hybridized carbons (Fsp3) is 0.500. The first-order chi connectivity index (χ1) is 8.93. The highest BCUT2D eigenvalue weighted by molar-refractivity contribution is 9.10. The van der Waals surface area contributed by atoms with Gasteiger partial charge in [-0.2, -0.15) is 13.2 Å². The molecule has 1 aromatic rings. The molecule has 0 radical (unpaired) electrons. The Hall–Kier alpha value is -0.910. The molecule has 6 heteroatoms. The molecule has 1 unspecified atom stereocenters. The van der Waals surface area contributed by atoms with Crippen LogP contribution in [0.25, 0.3) is 0 Å². The summed E-state index contributed by atoms with van der Waals surface area (Å²) in [5.74, 6) is -1.43. The lowest BCUT2D eigenvalue weighted by atomic mass is 9.87. The van der Waals surface area contributed by atoms with Gasteiger partial charge in [0.2, 0.25) is 0 Å². The maximum Gasteiger partial charge on any atom is 0.419 e. The lowest BCUT2D eigenvalue weighted by molar-refractivity contribution is -0.140. The maximum absolute atomic E-state index is 13.2. The van der Waals surface area contributed by atoms with Crippen LogP contribution in [0.3, 0.4) is 0 Å². The number of rotatable bonds is 3. The monoisotopic (exact) mass is 354 g/mol. The van der Waals surface area contributed by atoms with Crippen LogP contribution in [0.15, 0.2) is 18.2 Å². The van der Waals surface area contributed by atoms with Gasteiger partial charge in [0.15, 0.2) is 5.78 Å². The van der Waals surface area contributed by atoms with Crippen molar-refractivity contribution in [2.45, 2.75) is 38.2 Å². The Bertz CT molecular complexity index is 503. The predicted octanol–water partition coefficient (Wildman–Crippen LogP) is 4.77. The molecule has 0 aromatic heterocycles. The van der Waals surface area contributed by atoms with E-state index in [2.05, 4.69) is 15.9 Å². The van der Waals surface area contributed by atoms with Gasteiger partial charge in [0, 0.05) is 5.41 Å². The Labute approximate surface area is 123 Å². The van der Waals surface area contributed by atoms with Crippen LogP contribution in [0.5, 0.6) is 0 Å². The average Bonchev–Trinajstić information content (AvgIpc) is 2.27. The number of carbonyl (C=O) groups excluding carboxylic acids is 1. The highest BCUT2D eigenvalue weighted by Crippen LogP contribution is 2.32. The minimum atomic E-state index is -4.74. The second-order valence-electron chi connectivity index (χ2n) is 5.60. The van der Waals surface area contributed by atoms with E-state index in [9.17, 15) is 22.4 Å². The van der Waals surface area contributed by atoms with Crippen LogP contribution in [0.2, 0.25) is 0 Å². The second-order valence-corrected chi connectivity index (χ2v) is 6.70. The molecule has 0 aliphatic carbocycles. The summed E-state index contributed by atoms with van der Waals surface area (Å²) < 4.78 is 50.9. The minimum Gasteiger partial charge on any atom is -0.298 e. The Morgan fingerprint density at radius 1 is 1.25 bits per heavy atom. The van der Waals surface area contributed by atoms with Crippen LogP contribution >= 0.6 is 15.9 Å². The van der Waals surface area contributed by atoms with Crippen molar-refractivity contribution in [3.63, 3.8) is 0 Å². The molecule has 0 heterocycles. The molecular weight excluding hydrogens is 340 g/mol. The molecule has 1 nitrogen and oxygen atoms in total. The number of hydrogen-bond acceptors (Lipinski definition) is 1. The van der Waals surface area contributed by atoms with E-state index in [-0.39, 0.29) is 17.8 Å². The summed E-state index contributed by atoms with van der Waals surface area (Å²) in [6.45, 7) is 5.19. The number of halogens is 5. The third-order valence-electron chi connectivity index (χ3n) is 2.77. The topological polar surface area (TPSA) is 17.1 Å². The van der Waals surface area contributed by atoms with Crippen molar-refractivity contribution in [3.8, 4) is 0 Å². The summed E-state index contributed by atoms with van der Waals surface area (Å²) in [6, 6.07) is 2.79. The number of Topliss-reactive ketones (excluding diaryl/α,β-unsaturated/α-hetero) is 1. The fourth-order valence-corrected chi connectivity index (χ4v) is 2.75. The van der Waals surface area contributed by atoms with Gasteiger partial charge in [0.1, 0.15) is 5.82 Å². The molecular formula is C14H15BrF4O. The zero-order valence-electron chi connectivity index (χ0n) is 11.3. The summed E-state index contributed by atoms with van der Waals surface area (Å²) >= 11 is 3.18. The number of hydrogen-bond donors (Lipinski definition) is 0. The Balaban J connectivity index is 2.98.